The van der Waals surface area contributed by atoms with E-state index in [9.17, 15) is 4.79 Å². The summed E-state index contributed by atoms with van der Waals surface area (Å²) in [6.07, 6.45) is 16.5. The molecule has 0 heterocycles. The minimum Gasteiger partial charge on any atom is -0.341 e. The van der Waals surface area contributed by atoms with Gasteiger partial charge in [0.2, 0.25) is 5.91 Å². The first-order valence-corrected chi connectivity index (χ1v) is 11.0. The van der Waals surface area contributed by atoms with E-state index in [4.69, 9.17) is 0 Å². The third kappa shape index (κ3) is 12.3. The van der Waals surface area contributed by atoms with Crippen molar-refractivity contribution in [3.63, 3.8) is 0 Å². The lowest BCUT2D eigenvalue weighted by molar-refractivity contribution is -0.131. The molecular formula is C23H44N2O. The van der Waals surface area contributed by atoms with Crippen molar-refractivity contribution in [2.45, 2.75) is 92.4 Å². The number of aliphatic imine (C=N–C) groups is 1. The number of carbonyl (C=O) groups excluding carboxylic acids is 1. The Morgan fingerprint density at radius 3 is 1.88 bits per heavy atom. The molecule has 0 bridgehead atoms. The molecular weight excluding hydrogens is 320 g/mol. The first-order chi connectivity index (χ1) is 12.6. The number of amides is 1. The van der Waals surface area contributed by atoms with Gasteiger partial charge in [-0.25, -0.2) is 0 Å². The van der Waals surface area contributed by atoms with E-state index < -0.39 is 0 Å². The predicted molar refractivity (Wildman–Crippen MR) is 116 cm³/mol. The Bertz CT molecular complexity index is 372. The molecule has 2 atom stereocenters. The lowest BCUT2D eigenvalue weighted by atomic mass is 9.95. The van der Waals surface area contributed by atoms with E-state index in [1.807, 2.05) is 6.08 Å². The van der Waals surface area contributed by atoms with Crippen LogP contribution in [0.1, 0.15) is 92.4 Å². The summed E-state index contributed by atoms with van der Waals surface area (Å²) in [4.78, 5) is 19.3. The zero-order valence-corrected chi connectivity index (χ0v) is 18.2. The highest BCUT2D eigenvalue weighted by molar-refractivity contribution is 5.81. The Hall–Kier alpha value is -1.12. The van der Waals surface area contributed by atoms with Crippen LogP contribution in [-0.4, -0.2) is 36.7 Å². The number of hydrogen-bond acceptors (Lipinski definition) is 2. The largest absolute Gasteiger partial charge is 0.341 e. The predicted octanol–water partition coefficient (Wildman–Crippen LogP) is 6.28. The van der Waals surface area contributed by atoms with E-state index in [0.717, 1.165) is 32.4 Å². The molecule has 0 aromatic heterocycles. The second-order valence-electron chi connectivity index (χ2n) is 7.46. The van der Waals surface area contributed by atoms with Crippen LogP contribution in [0.5, 0.6) is 0 Å². The van der Waals surface area contributed by atoms with Gasteiger partial charge in [0.25, 0.3) is 0 Å². The van der Waals surface area contributed by atoms with Crippen LogP contribution in [0, 0.1) is 11.8 Å². The molecule has 0 rings (SSSR count). The highest BCUT2D eigenvalue weighted by Gasteiger charge is 2.20. The molecule has 0 aromatic rings. The minimum absolute atomic E-state index is 0.191. The van der Waals surface area contributed by atoms with Gasteiger partial charge in [-0.2, -0.15) is 0 Å². The summed E-state index contributed by atoms with van der Waals surface area (Å²) in [5.74, 6) is 1.43. The highest BCUT2D eigenvalue weighted by atomic mass is 16.2. The van der Waals surface area contributed by atoms with Crippen molar-refractivity contribution in [1.29, 1.82) is 0 Å². The van der Waals surface area contributed by atoms with Gasteiger partial charge in [-0.3, -0.25) is 9.79 Å². The molecule has 152 valence electrons. The van der Waals surface area contributed by atoms with Crippen molar-refractivity contribution < 1.29 is 4.79 Å². The van der Waals surface area contributed by atoms with E-state index in [0.29, 0.717) is 11.8 Å². The van der Waals surface area contributed by atoms with Gasteiger partial charge >= 0.3 is 0 Å². The summed E-state index contributed by atoms with van der Waals surface area (Å²) in [5, 5.41) is 0. The normalized spacial score (nSPS) is 14.2. The summed E-state index contributed by atoms with van der Waals surface area (Å²) in [6, 6.07) is 0. The van der Waals surface area contributed by atoms with Gasteiger partial charge in [-0.15, -0.1) is 0 Å². The summed E-state index contributed by atoms with van der Waals surface area (Å²) in [7, 11) is 0. The fourth-order valence-corrected chi connectivity index (χ4v) is 3.22. The fourth-order valence-electron chi connectivity index (χ4n) is 3.22. The molecule has 3 nitrogen and oxygen atoms in total. The highest BCUT2D eigenvalue weighted by Crippen LogP contribution is 2.19. The first-order valence-electron chi connectivity index (χ1n) is 11.0. The number of hydrogen-bond donors (Lipinski definition) is 0. The van der Waals surface area contributed by atoms with Crippen molar-refractivity contribution in [3.8, 4) is 0 Å². The van der Waals surface area contributed by atoms with Crippen LogP contribution in [0.4, 0.5) is 0 Å². The standard InChI is InChI=1S/C23H44N2O/c1-6-11-14-17-24-18-23(26)25(19-21(9-4)15-12-7-2)20-22(10-5)16-13-8-3/h11,14,17,21-22H,6-10,12-13,15-16,18-20H2,1-5H3/b14-11-,24-17?. The van der Waals surface area contributed by atoms with Crippen molar-refractivity contribution in [1.82, 2.24) is 4.90 Å². The van der Waals surface area contributed by atoms with Gasteiger partial charge < -0.3 is 4.90 Å². The van der Waals surface area contributed by atoms with Crippen molar-refractivity contribution in [3.05, 3.63) is 12.2 Å². The number of unbranched alkanes of at least 4 members (excludes halogenated alkanes) is 2. The molecule has 0 saturated heterocycles. The van der Waals surface area contributed by atoms with Gasteiger partial charge in [0.1, 0.15) is 6.54 Å². The van der Waals surface area contributed by atoms with Gasteiger partial charge in [0.15, 0.2) is 0 Å². The van der Waals surface area contributed by atoms with Crippen molar-refractivity contribution >= 4 is 12.1 Å². The fraction of sp³-hybridized carbons (Fsp3) is 0.826. The van der Waals surface area contributed by atoms with Crippen LogP contribution >= 0.6 is 0 Å². The molecule has 0 aliphatic carbocycles. The maximum atomic E-state index is 12.8. The maximum Gasteiger partial charge on any atom is 0.244 e. The molecule has 3 heteroatoms. The third-order valence-electron chi connectivity index (χ3n) is 5.19. The Kier molecular flexibility index (Phi) is 16.6. The zero-order chi connectivity index (χ0) is 19.6. The average Bonchev–Trinajstić information content (AvgIpc) is 2.66. The molecule has 2 unspecified atom stereocenters. The molecule has 0 spiro atoms. The summed E-state index contributed by atoms with van der Waals surface area (Å²) in [5.41, 5.74) is 0. The first kappa shape index (κ1) is 24.9. The molecule has 0 fully saturated rings. The number of rotatable bonds is 16. The molecule has 0 aliphatic rings. The molecule has 0 radical (unpaired) electrons. The molecule has 0 saturated carbocycles. The molecule has 1 amide bonds. The lowest BCUT2D eigenvalue weighted by Gasteiger charge is -2.30. The van der Waals surface area contributed by atoms with E-state index in [2.05, 4.69) is 50.6 Å². The Balaban J connectivity index is 4.90. The third-order valence-corrected chi connectivity index (χ3v) is 5.19. The minimum atomic E-state index is 0.191. The van der Waals surface area contributed by atoms with Gasteiger partial charge in [0, 0.05) is 19.3 Å². The second kappa shape index (κ2) is 17.3. The van der Waals surface area contributed by atoms with Crippen LogP contribution < -0.4 is 0 Å². The van der Waals surface area contributed by atoms with Crippen molar-refractivity contribution in [2.75, 3.05) is 19.6 Å². The molecule has 0 aliphatic heterocycles. The average molecular weight is 365 g/mol. The number of allylic oxidation sites excluding steroid dienone is 2. The van der Waals surface area contributed by atoms with Crippen LogP contribution in [0.15, 0.2) is 17.1 Å². The maximum absolute atomic E-state index is 12.8. The van der Waals surface area contributed by atoms with Crippen molar-refractivity contribution in [2.24, 2.45) is 16.8 Å². The summed E-state index contributed by atoms with van der Waals surface area (Å²) in [6.45, 7) is 13.2. The molecule has 26 heavy (non-hydrogen) atoms. The Morgan fingerprint density at radius 2 is 1.46 bits per heavy atom. The molecule has 0 N–H and O–H groups in total. The number of nitrogens with zero attached hydrogens (tertiary/aromatic N) is 2. The summed E-state index contributed by atoms with van der Waals surface area (Å²) < 4.78 is 0. The Morgan fingerprint density at radius 1 is 0.923 bits per heavy atom. The van der Waals surface area contributed by atoms with Crippen LogP contribution in [0.3, 0.4) is 0 Å². The van der Waals surface area contributed by atoms with E-state index in [1.165, 1.54) is 38.5 Å². The smallest absolute Gasteiger partial charge is 0.244 e. The van der Waals surface area contributed by atoms with E-state index in [-0.39, 0.29) is 12.5 Å². The van der Waals surface area contributed by atoms with Gasteiger partial charge in [-0.1, -0.05) is 79.2 Å². The monoisotopic (exact) mass is 364 g/mol. The molecule has 0 aromatic carbocycles. The van der Waals surface area contributed by atoms with Crippen LogP contribution in [0.2, 0.25) is 0 Å². The second-order valence-corrected chi connectivity index (χ2v) is 7.46. The SMILES string of the molecule is CC/C=C\C=NCC(=O)N(CC(CC)CCCC)CC(CC)CCCC. The quantitative estimate of drug-likeness (QED) is 0.296. The Labute approximate surface area is 163 Å². The summed E-state index contributed by atoms with van der Waals surface area (Å²) >= 11 is 0. The lowest BCUT2D eigenvalue weighted by Crippen LogP contribution is -2.40. The van der Waals surface area contributed by atoms with E-state index >= 15 is 0 Å². The van der Waals surface area contributed by atoms with E-state index in [1.54, 1.807) is 6.21 Å². The van der Waals surface area contributed by atoms with Gasteiger partial charge in [0.05, 0.1) is 0 Å². The van der Waals surface area contributed by atoms with Crippen LogP contribution in [0.25, 0.3) is 0 Å². The zero-order valence-electron chi connectivity index (χ0n) is 18.2. The topological polar surface area (TPSA) is 32.7 Å². The van der Waals surface area contributed by atoms with Crippen LogP contribution in [-0.2, 0) is 4.79 Å². The van der Waals surface area contributed by atoms with Gasteiger partial charge in [-0.05, 0) is 37.2 Å². The number of carbonyl (C=O) groups is 1.